The van der Waals surface area contributed by atoms with E-state index in [2.05, 4.69) is 10.3 Å². The number of carbonyl (C=O) groups is 2. The molecule has 4 heteroatoms. The number of nitrogens with one attached hydrogen (secondary N) is 1. The van der Waals surface area contributed by atoms with E-state index in [4.69, 9.17) is 0 Å². The molecule has 4 nitrogen and oxygen atoms in total. The molecule has 25 heavy (non-hydrogen) atoms. The van der Waals surface area contributed by atoms with Gasteiger partial charge >= 0.3 is 0 Å². The number of fused-ring (bicyclic) bond motifs is 2. The molecule has 128 valence electrons. The minimum atomic E-state index is -0.0682. The highest BCUT2D eigenvalue weighted by molar-refractivity contribution is 6.16. The molecule has 3 aromatic rings. The van der Waals surface area contributed by atoms with Crippen molar-refractivity contribution in [1.29, 1.82) is 0 Å². The summed E-state index contributed by atoms with van der Waals surface area (Å²) >= 11 is 0. The second kappa shape index (κ2) is 7.88. The summed E-state index contributed by atoms with van der Waals surface area (Å²) in [5.74, 6) is 0.153. The highest BCUT2D eigenvalue weighted by Gasteiger charge is 2.15. The van der Waals surface area contributed by atoms with Crippen molar-refractivity contribution >= 4 is 33.5 Å². The largest absolute Gasteiger partial charge is 0.352 e. The summed E-state index contributed by atoms with van der Waals surface area (Å²) in [5, 5.41) is 4.76. The lowest BCUT2D eigenvalue weighted by Gasteiger charge is -2.11. The second-order valence-corrected chi connectivity index (χ2v) is 6.29. The summed E-state index contributed by atoms with van der Waals surface area (Å²) in [5.41, 5.74) is 2.34. The molecule has 2 aromatic carbocycles. The third kappa shape index (κ3) is 4.02. The molecule has 0 aliphatic carbocycles. The van der Waals surface area contributed by atoms with Gasteiger partial charge in [-0.25, -0.2) is 4.98 Å². The molecule has 0 bridgehead atoms. The first-order chi connectivity index (χ1) is 12.2. The van der Waals surface area contributed by atoms with Crippen molar-refractivity contribution in [3.8, 4) is 0 Å². The van der Waals surface area contributed by atoms with Crippen LogP contribution in [0.15, 0.2) is 48.5 Å². The van der Waals surface area contributed by atoms with Gasteiger partial charge in [-0.05, 0) is 31.9 Å². The van der Waals surface area contributed by atoms with Crippen LogP contribution in [-0.2, 0) is 4.79 Å². The number of hydrogen-bond donors (Lipinski definition) is 1. The maximum Gasteiger partial charge on any atom is 0.252 e. The van der Waals surface area contributed by atoms with Gasteiger partial charge < -0.3 is 10.1 Å². The van der Waals surface area contributed by atoms with Crippen LogP contribution < -0.4 is 5.32 Å². The number of aromatic nitrogens is 1. The van der Waals surface area contributed by atoms with Crippen molar-refractivity contribution in [2.24, 2.45) is 0 Å². The predicted molar refractivity (Wildman–Crippen MR) is 101 cm³/mol. The number of rotatable bonds is 7. The summed E-state index contributed by atoms with van der Waals surface area (Å²) in [6, 6.07) is 15.5. The van der Waals surface area contributed by atoms with Gasteiger partial charge in [-0.15, -0.1) is 0 Å². The Bertz CT molecular complexity index is 864. The van der Waals surface area contributed by atoms with Crippen molar-refractivity contribution in [2.45, 2.75) is 32.6 Å². The fourth-order valence-corrected chi connectivity index (χ4v) is 3.05. The Labute approximate surface area is 147 Å². The summed E-state index contributed by atoms with van der Waals surface area (Å²) in [4.78, 5) is 28.4. The first-order valence-corrected chi connectivity index (χ1v) is 8.72. The van der Waals surface area contributed by atoms with E-state index in [1.807, 2.05) is 48.5 Å². The third-order valence-electron chi connectivity index (χ3n) is 4.31. The number of pyridine rings is 1. The minimum absolute atomic E-state index is 0.0682. The Morgan fingerprint density at radius 2 is 1.48 bits per heavy atom. The van der Waals surface area contributed by atoms with Crippen molar-refractivity contribution in [3.05, 3.63) is 54.1 Å². The molecule has 0 aliphatic rings. The molecule has 1 aromatic heterocycles. The molecular formula is C21H22N2O2. The van der Waals surface area contributed by atoms with E-state index in [9.17, 15) is 9.59 Å². The zero-order valence-electron chi connectivity index (χ0n) is 14.4. The van der Waals surface area contributed by atoms with E-state index in [-0.39, 0.29) is 11.7 Å². The van der Waals surface area contributed by atoms with Gasteiger partial charge in [0.25, 0.3) is 5.91 Å². The van der Waals surface area contributed by atoms with Crippen molar-refractivity contribution < 1.29 is 9.59 Å². The number of amides is 1. The number of para-hydroxylation sites is 2. The Balaban J connectivity index is 1.79. The number of hydrogen-bond acceptors (Lipinski definition) is 3. The van der Waals surface area contributed by atoms with Crippen LogP contribution in [0.25, 0.3) is 21.8 Å². The first-order valence-electron chi connectivity index (χ1n) is 8.72. The molecule has 1 N–H and O–H groups in total. The predicted octanol–water partition coefficient (Wildman–Crippen LogP) is 4.27. The van der Waals surface area contributed by atoms with Crippen LogP contribution in [0.2, 0.25) is 0 Å². The quantitative estimate of drug-likeness (QED) is 0.518. The summed E-state index contributed by atoms with van der Waals surface area (Å²) in [6.45, 7) is 2.23. The first kappa shape index (κ1) is 17.1. The number of nitrogens with zero attached hydrogens (tertiary/aromatic N) is 1. The average Bonchev–Trinajstić information content (AvgIpc) is 2.62. The van der Waals surface area contributed by atoms with Gasteiger partial charge in [0, 0.05) is 23.7 Å². The number of Topliss-reactive ketones (excluding diaryl/α,β-unsaturated/α-hetero) is 1. The Morgan fingerprint density at radius 1 is 0.880 bits per heavy atom. The molecule has 0 saturated heterocycles. The third-order valence-corrected chi connectivity index (χ3v) is 4.31. The van der Waals surface area contributed by atoms with Crippen LogP contribution in [0, 0.1) is 0 Å². The van der Waals surface area contributed by atoms with Gasteiger partial charge in [0.2, 0.25) is 0 Å². The second-order valence-electron chi connectivity index (χ2n) is 6.29. The molecule has 1 heterocycles. The normalized spacial score (nSPS) is 10.9. The molecule has 0 unspecified atom stereocenters. The van der Waals surface area contributed by atoms with Gasteiger partial charge in [0.15, 0.2) is 0 Å². The number of ketones is 1. The van der Waals surface area contributed by atoms with Crippen LogP contribution in [-0.4, -0.2) is 23.2 Å². The van der Waals surface area contributed by atoms with Gasteiger partial charge in [-0.1, -0.05) is 42.8 Å². The molecule has 3 rings (SSSR count). The zero-order valence-corrected chi connectivity index (χ0v) is 14.4. The maximum absolute atomic E-state index is 12.8. The van der Waals surface area contributed by atoms with E-state index in [1.54, 1.807) is 6.92 Å². The molecule has 0 atom stereocenters. The van der Waals surface area contributed by atoms with Crippen molar-refractivity contribution in [3.63, 3.8) is 0 Å². The summed E-state index contributed by atoms with van der Waals surface area (Å²) in [6.07, 6.45) is 3.32. The van der Waals surface area contributed by atoms with E-state index in [1.165, 1.54) is 0 Å². The number of benzene rings is 2. The van der Waals surface area contributed by atoms with Crippen LogP contribution in [0.1, 0.15) is 43.0 Å². The number of unbranched alkanes of at least 4 members (excludes halogenated alkanes) is 2. The summed E-state index contributed by atoms with van der Waals surface area (Å²) in [7, 11) is 0. The lowest BCUT2D eigenvalue weighted by atomic mass is 10.0. The summed E-state index contributed by atoms with van der Waals surface area (Å²) < 4.78 is 0. The van der Waals surface area contributed by atoms with Crippen molar-refractivity contribution in [1.82, 2.24) is 10.3 Å². The van der Waals surface area contributed by atoms with E-state index >= 15 is 0 Å². The molecule has 0 fully saturated rings. The fraction of sp³-hybridized carbons (Fsp3) is 0.286. The Kier molecular flexibility index (Phi) is 5.39. The average molecular weight is 334 g/mol. The smallest absolute Gasteiger partial charge is 0.252 e. The zero-order chi connectivity index (χ0) is 17.6. The lowest BCUT2D eigenvalue weighted by Crippen LogP contribution is -2.25. The topological polar surface area (TPSA) is 59.1 Å². The maximum atomic E-state index is 12.8. The van der Waals surface area contributed by atoms with E-state index < -0.39 is 0 Å². The fourth-order valence-electron chi connectivity index (χ4n) is 3.05. The monoisotopic (exact) mass is 334 g/mol. The van der Waals surface area contributed by atoms with Crippen LogP contribution in [0.3, 0.4) is 0 Å². The minimum Gasteiger partial charge on any atom is -0.352 e. The Morgan fingerprint density at radius 3 is 2.08 bits per heavy atom. The lowest BCUT2D eigenvalue weighted by molar-refractivity contribution is -0.117. The van der Waals surface area contributed by atoms with Crippen LogP contribution in [0.5, 0.6) is 0 Å². The van der Waals surface area contributed by atoms with Crippen LogP contribution in [0.4, 0.5) is 0 Å². The highest BCUT2D eigenvalue weighted by Crippen LogP contribution is 2.25. The molecule has 0 spiro atoms. The molecule has 0 saturated carbocycles. The van der Waals surface area contributed by atoms with E-state index in [0.717, 1.165) is 41.1 Å². The molecule has 0 radical (unpaired) electrons. The Hall–Kier alpha value is -2.75. The molecule has 1 amide bonds. The van der Waals surface area contributed by atoms with Gasteiger partial charge in [-0.3, -0.25) is 4.79 Å². The van der Waals surface area contributed by atoms with Gasteiger partial charge in [-0.2, -0.15) is 0 Å². The van der Waals surface area contributed by atoms with Gasteiger partial charge in [0.05, 0.1) is 16.6 Å². The number of carbonyl (C=O) groups excluding carboxylic acids is 2. The molecular weight excluding hydrogens is 312 g/mol. The van der Waals surface area contributed by atoms with Crippen molar-refractivity contribution in [2.75, 3.05) is 6.54 Å². The van der Waals surface area contributed by atoms with E-state index in [0.29, 0.717) is 18.5 Å². The standard InChI is InChI=1S/C21H22N2O2/c1-15(24)9-3-2-8-14-22-21(25)20-16-10-4-6-12-18(16)23-19-13-7-5-11-17(19)20/h4-7,10-13H,2-3,8-9,14H2,1H3,(H,22,25). The highest BCUT2D eigenvalue weighted by atomic mass is 16.1. The van der Waals surface area contributed by atoms with Gasteiger partial charge in [0.1, 0.15) is 5.78 Å². The molecule has 0 aliphatic heterocycles. The SMILES string of the molecule is CC(=O)CCCCCNC(=O)c1c2ccccc2nc2ccccc12. The van der Waals surface area contributed by atoms with Crippen LogP contribution >= 0.6 is 0 Å².